The molecule has 0 radical (unpaired) electrons. The Morgan fingerprint density at radius 1 is 1.22 bits per heavy atom. The number of aromatic nitrogens is 2. The Kier molecular flexibility index (Phi) is 4.37. The van der Waals surface area contributed by atoms with Crippen molar-refractivity contribution in [2.75, 3.05) is 0 Å². The van der Waals surface area contributed by atoms with Gasteiger partial charge in [-0.25, -0.2) is 0 Å². The van der Waals surface area contributed by atoms with Crippen molar-refractivity contribution in [1.82, 2.24) is 15.5 Å². The molecule has 0 aliphatic heterocycles. The fourth-order valence-corrected chi connectivity index (χ4v) is 2.80. The molecule has 0 saturated heterocycles. The molecule has 0 bridgehead atoms. The van der Waals surface area contributed by atoms with Gasteiger partial charge in [-0.15, -0.1) is 10.2 Å². The SMILES string of the molecule is CC(C)(C)NCc1ccc(Sc2nncs2)cc1. The summed E-state index contributed by atoms with van der Waals surface area (Å²) in [4.78, 5) is 1.20. The molecule has 0 amide bonds. The summed E-state index contributed by atoms with van der Waals surface area (Å²) in [5.74, 6) is 0. The van der Waals surface area contributed by atoms with Crippen LogP contribution in [0.4, 0.5) is 0 Å². The fourth-order valence-electron chi connectivity index (χ4n) is 1.35. The number of benzene rings is 1. The van der Waals surface area contributed by atoms with Crippen LogP contribution in [0.25, 0.3) is 0 Å². The van der Waals surface area contributed by atoms with Gasteiger partial charge in [-0.1, -0.05) is 35.2 Å². The van der Waals surface area contributed by atoms with Gasteiger partial charge in [-0.2, -0.15) is 0 Å². The Morgan fingerprint density at radius 2 is 1.94 bits per heavy atom. The molecule has 0 spiro atoms. The second kappa shape index (κ2) is 5.82. The van der Waals surface area contributed by atoms with Crippen LogP contribution in [0.1, 0.15) is 26.3 Å². The lowest BCUT2D eigenvalue weighted by molar-refractivity contribution is 0.424. The first-order valence-electron chi connectivity index (χ1n) is 5.81. The Labute approximate surface area is 116 Å². The minimum absolute atomic E-state index is 0.153. The molecule has 1 aromatic heterocycles. The molecule has 1 heterocycles. The monoisotopic (exact) mass is 279 g/mol. The third-order valence-electron chi connectivity index (χ3n) is 2.29. The Morgan fingerprint density at radius 3 is 2.50 bits per heavy atom. The molecule has 1 aromatic carbocycles. The maximum atomic E-state index is 4.02. The van der Waals surface area contributed by atoms with E-state index < -0.39 is 0 Å². The molecule has 2 aromatic rings. The number of nitrogens with zero attached hydrogens (tertiary/aromatic N) is 2. The number of hydrogen-bond acceptors (Lipinski definition) is 5. The zero-order valence-corrected chi connectivity index (χ0v) is 12.4. The highest BCUT2D eigenvalue weighted by Gasteiger charge is 2.08. The summed E-state index contributed by atoms with van der Waals surface area (Å²) in [6.07, 6.45) is 0. The van der Waals surface area contributed by atoms with Crippen molar-refractivity contribution in [2.45, 2.75) is 42.1 Å². The molecule has 5 heteroatoms. The van der Waals surface area contributed by atoms with Gasteiger partial charge in [0.15, 0.2) is 4.34 Å². The smallest absolute Gasteiger partial charge is 0.178 e. The molecule has 0 aliphatic carbocycles. The summed E-state index contributed by atoms with van der Waals surface area (Å²) >= 11 is 3.22. The van der Waals surface area contributed by atoms with E-state index in [4.69, 9.17) is 0 Å². The van der Waals surface area contributed by atoms with Crippen molar-refractivity contribution in [3.8, 4) is 0 Å². The molecule has 0 fully saturated rings. The van der Waals surface area contributed by atoms with Crippen LogP contribution in [0.2, 0.25) is 0 Å². The third kappa shape index (κ3) is 4.40. The lowest BCUT2D eigenvalue weighted by Crippen LogP contribution is -2.35. The molecule has 0 unspecified atom stereocenters. The molecule has 18 heavy (non-hydrogen) atoms. The Bertz CT molecular complexity index is 472. The summed E-state index contributed by atoms with van der Waals surface area (Å²) in [7, 11) is 0. The zero-order chi connectivity index (χ0) is 13.0. The summed E-state index contributed by atoms with van der Waals surface area (Å²) in [6.45, 7) is 7.42. The maximum Gasteiger partial charge on any atom is 0.178 e. The molecule has 1 N–H and O–H groups in total. The summed E-state index contributed by atoms with van der Waals surface area (Å²) < 4.78 is 0.982. The van der Waals surface area contributed by atoms with E-state index in [2.05, 4.69) is 60.6 Å². The normalized spacial score (nSPS) is 11.7. The van der Waals surface area contributed by atoms with Crippen molar-refractivity contribution in [3.05, 3.63) is 35.3 Å². The average molecular weight is 279 g/mol. The second-order valence-corrected chi connectivity index (χ2v) is 7.21. The van der Waals surface area contributed by atoms with Gasteiger partial charge in [-0.05, 0) is 38.5 Å². The Balaban J connectivity index is 1.93. The molecular weight excluding hydrogens is 262 g/mol. The zero-order valence-electron chi connectivity index (χ0n) is 10.8. The van der Waals surface area contributed by atoms with Crippen LogP contribution in [-0.4, -0.2) is 15.7 Å². The van der Waals surface area contributed by atoms with Gasteiger partial charge in [0, 0.05) is 17.0 Å². The van der Waals surface area contributed by atoms with Crippen LogP contribution in [0.15, 0.2) is 39.0 Å². The van der Waals surface area contributed by atoms with Crippen LogP contribution < -0.4 is 5.32 Å². The van der Waals surface area contributed by atoms with E-state index in [0.717, 1.165) is 10.9 Å². The van der Waals surface area contributed by atoms with E-state index in [1.807, 2.05) is 0 Å². The summed E-state index contributed by atoms with van der Waals surface area (Å²) in [6, 6.07) is 8.57. The van der Waals surface area contributed by atoms with E-state index in [-0.39, 0.29) is 5.54 Å². The van der Waals surface area contributed by atoms with E-state index >= 15 is 0 Å². The highest BCUT2D eigenvalue weighted by Crippen LogP contribution is 2.28. The number of nitrogens with one attached hydrogen (secondary N) is 1. The van der Waals surface area contributed by atoms with Crippen LogP contribution >= 0.6 is 23.1 Å². The van der Waals surface area contributed by atoms with Gasteiger partial charge in [0.1, 0.15) is 5.51 Å². The minimum atomic E-state index is 0.153. The van der Waals surface area contributed by atoms with E-state index in [9.17, 15) is 0 Å². The number of hydrogen-bond donors (Lipinski definition) is 1. The molecule has 0 saturated carbocycles. The van der Waals surface area contributed by atoms with Gasteiger partial charge < -0.3 is 5.32 Å². The molecule has 0 atom stereocenters. The van der Waals surface area contributed by atoms with Crippen molar-refractivity contribution in [2.24, 2.45) is 0 Å². The van der Waals surface area contributed by atoms with Gasteiger partial charge in [-0.3, -0.25) is 0 Å². The first-order valence-corrected chi connectivity index (χ1v) is 7.50. The first-order chi connectivity index (χ1) is 8.53. The van der Waals surface area contributed by atoms with E-state index in [1.165, 1.54) is 10.5 Å². The molecule has 3 nitrogen and oxygen atoms in total. The largest absolute Gasteiger partial charge is 0.308 e. The second-order valence-electron chi connectivity index (χ2n) is 5.05. The highest BCUT2D eigenvalue weighted by atomic mass is 32.2. The van der Waals surface area contributed by atoms with Gasteiger partial charge in [0.25, 0.3) is 0 Å². The Hall–Kier alpha value is -0.910. The van der Waals surface area contributed by atoms with Gasteiger partial charge in [0.05, 0.1) is 0 Å². The lowest BCUT2D eigenvalue weighted by Gasteiger charge is -2.20. The quantitative estimate of drug-likeness (QED) is 0.928. The minimum Gasteiger partial charge on any atom is -0.308 e. The van der Waals surface area contributed by atoms with Gasteiger partial charge >= 0.3 is 0 Å². The molecule has 96 valence electrons. The van der Waals surface area contributed by atoms with Crippen LogP contribution in [0.3, 0.4) is 0 Å². The van der Waals surface area contributed by atoms with E-state index in [0.29, 0.717) is 0 Å². The predicted molar refractivity (Wildman–Crippen MR) is 77.1 cm³/mol. The van der Waals surface area contributed by atoms with Gasteiger partial charge in [0.2, 0.25) is 0 Å². The van der Waals surface area contributed by atoms with Crippen LogP contribution in [0.5, 0.6) is 0 Å². The summed E-state index contributed by atoms with van der Waals surface area (Å²) in [5.41, 5.74) is 3.20. The van der Waals surface area contributed by atoms with Crippen molar-refractivity contribution < 1.29 is 0 Å². The molecule has 2 rings (SSSR count). The third-order valence-corrected chi connectivity index (χ3v) is 4.08. The van der Waals surface area contributed by atoms with Crippen LogP contribution in [-0.2, 0) is 6.54 Å². The maximum absolute atomic E-state index is 4.02. The molecular formula is C13H17N3S2. The highest BCUT2D eigenvalue weighted by molar-refractivity contribution is 8.01. The summed E-state index contributed by atoms with van der Waals surface area (Å²) in [5, 5.41) is 11.3. The predicted octanol–water partition coefficient (Wildman–Crippen LogP) is 3.58. The standard InChI is InChI=1S/C13H17N3S2/c1-13(2,3)14-8-10-4-6-11(7-5-10)18-12-16-15-9-17-12/h4-7,9,14H,8H2,1-3H3. The van der Waals surface area contributed by atoms with Crippen LogP contribution in [0, 0.1) is 0 Å². The molecule has 0 aliphatic rings. The topological polar surface area (TPSA) is 37.8 Å². The van der Waals surface area contributed by atoms with Crippen molar-refractivity contribution in [1.29, 1.82) is 0 Å². The lowest BCUT2D eigenvalue weighted by atomic mass is 10.1. The van der Waals surface area contributed by atoms with E-state index in [1.54, 1.807) is 28.6 Å². The average Bonchev–Trinajstić information content (AvgIpc) is 2.80. The first kappa shape index (κ1) is 13.5. The van der Waals surface area contributed by atoms with Crippen molar-refractivity contribution in [3.63, 3.8) is 0 Å². The fraction of sp³-hybridized carbons (Fsp3) is 0.385. The number of rotatable bonds is 4. The van der Waals surface area contributed by atoms with Crippen molar-refractivity contribution >= 4 is 23.1 Å².